The highest BCUT2D eigenvalue weighted by atomic mass is 16.5. The normalized spacial score (nSPS) is 25.2. The molecular formula is C26H34O3. The first-order valence-corrected chi connectivity index (χ1v) is 11.4. The number of aromatic hydroxyl groups is 1. The van der Waals surface area contributed by atoms with Crippen LogP contribution in [0.4, 0.5) is 0 Å². The third kappa shape index (κ3) is 5.14. The van der Waals surface area contributed by atoms with Crippen LogP contribution in [-0.4, -0.2) is 22.4 Å². The van der Waals surface area contributed by atoms with Gasteiger partial charge in [0.05, 0.1) is 12.2 Å². The van der Waals surface area contributed by atoms with Crippen molar-refractivity contribution in [2.45, 2.75) is 82.8 Å². The van der Waals surface area contributed by atoms with Crippen molar-refractivity contribution in [3.63, 3.8) is 0 Å². The van der Waals surface area contributed by atoms with E-state index >= 15 is 0 Å². The number of aliphatic hydroxyl groups excluding tert-OH is 1. The van der Waals surface area contributed by atoms with E-state index in [0.717, 1.165) is 49.8 Å². The van der Waals surface area contributed by atoms with Gasteiger partial charge in [-0.3, -0.25) is 0 Å². The van der Waals surface area contributed by atoms with E-state index in [-0.39, 0.29) is 6.10 Å². The van der Waals surface area contributed by atoms with Crippen molar-refractivity contribution >= 4 is 0 Å². The molecule has 0 heterocycles. The van der Waals surface area contributed by atoms with E-state index < -0.39 is 0 Å². The summed E-state index contributed by atoms with van der Waals surface area (Å²) in [6, 6.07) is 14.3. The second-order valence-electron chi connectivity index (χ2n) is 9.07. The Morgan fingerprint density at radius 2 is 1.72 bits per heavy atom. The summed E-state index contributed by atoms with van der Waals surface area (Å²) in [7, 11) is 0. The number of benzene rings is 2. The number of hydrogen-bond acceptors (Lipinski definition) is 3. The third-order valence-electron chi connectivity index (χ3n) is 6.86. The van der Waals surface area contributed by atoms with Crippen LogP contribution in [-0.2, 0) is 6.42 Å². The Hall–Kier alpha value is -2.00. The summed E-state index contributed by atoms with van der Waals surface area (Å²) in [5.41, 5.74) is 3.38. The van der Waals surface area contributed by atoms with Crippen LogP contribution in [0.15, 0.2) is 42.5 Å². The molecule has 2 aromatic rings. The summed E-state index contributed by atoms with van der Waals surface area (Å²) in [5.74, 6) is 2.27. The van der Waals surface area contributed by atoms with Crippen LogP contribution in [0.2, 0.25) is 0 Å². The molecular weight excluding hydrogens is 360 g/mol. The van der Waals surface area contributed by atoms with Crippen molar-refractivity contribution in [2.75, 3.05) is 0 Å². The summed E-state index contributed by atoms with van der Waals surface area (Å²) < 4.78 is 6.06. The SMILES string of the molecule is CCC1CC(O)CC(c2ccc(O)c(Cc3ccc(OC4CCCC4)cc3)c2)C1. The van der Waals surface area contributed by atoms with Gasteiger partial charge in [0.25, 0.3) is 0 Å². The van der Waals surface area contributed by atoms with Crippen LogP contribution in [0, 0.1) is 5.92 Å². The fraction of sp³-hybridized carbons (Fsp3) is 0.538. The maximum Gasteiger partial charge on any atom is 0.119 e. The van der Waals surface area contributed by atoms with Gasteiger partial charge in [0, 0.05) is 6.42 Å². The molecule has 3 nitrogen and oxygen atoms in total. The quantitative estimate of drug-likeness (QED) is 0.635. The molecule has 3 heteroatoms. The number of aliphatic hydroxyl groups is 1. The molecule has 3 unspecified atom stereocenters. The Morgan fingerprint density at radius 1 is 0.966 bits per heavy atom. The predicted octanol–water partition coefficient (Wildman–Crippen LogP) is 5.96. The Kier molecular flexibility index (Phi) is 6.44. The average Bonchev–Trinajstić information content (AvgIpc) is 3.23. The first-order valence-electron chi connectivity index (χ1n) is 11.4. The van der Waals surface area contributed by atoms with Crippen molar-refractivity contribution < 1.29 is 14.9 Å². The fourth-order valence-electron chi connectivity index (χ4n) is 5.12. The Morgan fingerprint density at radius 3 is 2.45 bits per heavy atom. The van der Waals surface area contributed by atoms with Crippen LogP contribution >= 0.6 is 0 Å². The standard InChI is InChI=1S/C26H34O3/c1-2-18-13-21(17-23(27)15-18)20-9-12-26(28)22(16-20)14-19-7-10-25(11-8-19)29-24-5-3-4-6-24/h7-12,16,18,21,23-24,27-28H,2-6,13-15,17H2,1H3. The smallest absolute Gasteiger partial charge is 0.119 e. The van der Waals surface area contributed by atoms with Gasteiger partial charge in [0.15, 0.2) is 0 Å². The van der Waals surface area contributed by atoms with Gasteiger partial charge in [-0.1, -0.05) is 37.6 Å². The predicted molar refractivity (Wildman–Crippen MR) is 117 cm³/mol. The zero-order chi connectivity index (χ0) is 20.2. The van der Waals surface area contributed by atoms with E-state index in [2.05, 4.69) is 37.3 Å². The topological polar surface area (TPSA) is 49.7 Å². The minimum atomic E-state index is -0.205. The Balaban J connectivity index is 1.45. The molecule has 2 aliphatic carbocycles. The Labute approximate surface area is 174 Å². The third-order valence-corrected chi connectivity index (χ3v) is 6.86. The summed E-state index contributed by atoms with van der Waals surface area (Å²) in [6.45, 7) is 2.21. The minimum absolute atomic E-state index is 0.205. The molecule has 0 amide bonds. The van der Waals surface area contributed by atoms with Crippen molar-refractivity contribution in [1.82, 2.24) is 0 Å². The van der Waals surface area contributed by atoms with Crippen LogP contribution in [0.5, 0.6) is 11.5 Å². The first-order chi connectivity index (χ1) is 14.1. The summed E-state index contributed by atoms with van der Waals surface area (Å²) in [6.07, 6.45) is 9.75. The van der Waals surface area contributed by atoms with E-state index in [1.807, 2.05) is 12.1 Å². The minimum Gasteiger partial charge on any atom is -0.508 e. The van der Waals surface area contributed by atoms with Crippen LogP contribution in [0.25, 0.3) is 0 Å². The molecule has 0 aromatic heterocycles. The molecule has 0 spiro atoms. The number of ether oxygens (including phenoxy) is 1. The van der Waals surface area contributed by atoms with Crippen LogP contribution in [0.1, 0.15) is 80.9 Å². The molecule has 2 aliphatic rings. The monoisotopic (exact) mass is 394 g/mol. The van der Waals surface area contributed by atoms with Gasteiger partial charge in [-0.25, -0.2) is 0 Å². The lowest BCUT2D eigenvalue weighted by Crippen LogP contribution is -2.25. The summed E-state index contributed by atoms with van der Waals surface area (Å²) >= 11 is 0. The van der Waals surface area contributed by atoms with Gasteiger partial charge in [-0.05, 0) is 91.7 Å². The number of hydrogen-bond donors (Lipinski definition) is 2. The molecule has 2 N–H and O–H groups in total. The second kappa shape index (κ2) is 9.21. The van der Waals surface area contributed by atoms with Gasteiger partial charge >= 0.3 is 0 Å². The lowest BCUT2D eigenvalue weighted by atomic mass is 9.75. The molecule has 29 heavy (non-hydrogen) atoms. The molecule has 2 saturated carbocycles. The van der Waals surface area contributed by atoms with Gasteiger partial charge in [-0.15, -0.1) is 0 Å². The zero-order valence-electron chi connectivity index (χ0n) is 17.5. The number of phenolic OH excluding ortho intramolecular Hbond substituents is 1. The average molecular weight is 395 g/mol. The summed E-state index contributed by atoms with van der Waals surface area (Å²) in [5, 5.41) is 20.7. The van der Waals surface area contributed by atoms with E-state index in [9.17, 15) is 10.2 Å². The van der Waals surface area contributed by atoms with Crippen molar-refractivity contribution in [3.8, 4) is 11.5 Å². The molecule has 0 aliphatic heterocycles. The highest BCUT2D eigenvalue weighted by molar-refractivity contribution is 5.41. The molecule has 2 fully saturated rings. The fourth-order valence-corrected chi connectivity index (χ4v) is 5.12. The molecule has 0 radical (unpaired) electrons. The number of phenols is 1. The van der Waals surface area contributed by atoms with Gasteiger partial charge < -0.3 is 14.9 Å². The second-order valence-corrected chi connectivity index (χ2v) is 9.07. The number of rotatable bonds is 6. The molecule has 3 atom stereocenters. The molecule has 0 saturated heterocycles. The van der Waals surface area contributed by atoms with E-state index in [1.165, 1.54) is 24.0 Å². The van der Waals surface area contributed by atoms with E-state index in [4.69, 9.17) is 4.74 Å². The van der Waals surface area contributed by atoms with Gasteiger partial charge in [0.2, 0.25) is 0 Å². The Bertz CT molecular complexity index is 792. The van der Waals surface area contributed by atoms with Crippen molar-refractivity contribution in [1.29, 1.82) is 0 Å². The zero-order valence-corrected chi connectivity index (χ0v) is 17.5. The summed E-state index contributed by atoms with van der Waals surface area (Å²) in [4.78, 5) is 0. The van der Waals surface area contributed by atoms with Crippen LogP contribution in [0.3, 0.4) is 0 Å². The molecule has 156 valence electrons. The highest BCUT2D eigenvalue weighted by Gasteiger charge is 2.28. The lowest BCUT2D eigenvalue weighted by Gasteiger charge is -2.32. The molecule has 0 bridgehead atoms. The van der Waals surface area contributed by atoms with E-state index in [1.54, 1.807) is 0 Å². The maximum atomic E-state index is 10.4. The molecule has 4 rings (SSSR count). The van der Waals surface area contributed by atoms with Gasteiger partial charge in [-0.2, -0.15) is 0 Å². The van der Waals surface area contributed by atoms with Gasteiger partial charge in [0.1, 0.15) is 11.5 Å². The lowest BCUT2D eigenvalue weighted by molar-refractivity contribution is 0.0880. The van der Waals surface area contributed by atoms with Crippen molar-refractivity contribution in [3.05, 3.63) is 59.2 Å². The molecule has 2 aromatic carbocycles. The van der Waals surface area contributed by atoms with Crippen molar-refractivity contribution in [2.24, 2.45) is 5.92 Å². The maximum absolute atomic E-state index is 10.4. The van der Waals surface area contributed by atoms with E-state index in [0.29, 0.717) is 30.1 Å². The first kappa shape index (κ1) is 20.3. The largest absolute Gasteiger partial charge is 0.508 e. The van der Waals surface area contributed by atoms with Crippen LogP contribution < -0.4 is 4.74 Å². The highest BCUT2D eigenvalue weighted by Crippen LogP contribution is 2.39.